The Hall–Kier alpha value is -0.610. The Labute approximate surface area is 91.2 Å². The molecule has 0 spiro atoms. The van der Waals surface area contributed by atoms with E-state index in [0.29, 0.717) is 12.5 Å². The molecule has 1 atom stereocenters. The minimum atomic E-state index is -0.211. The Morgan fingerprint density at radius 2 is 2.20 bits per heavy atom. The molecule has 0 bridgehead atoms. The summed E-state index contributed by atoms with van der Waals surface area (Å²) >= 11 is 0. The maximum Gasteiger partial charge on any atom is 0.218 e. The molecule has 2 rings (SSSR count). The van der Waals surface area contributed by atoms with Crippen molar-refractivity contribution in [3.05, 3.63) is 0 Å². The van der Waals surface area contributed by atoms with Crippen LogP contribution in [0.15, 0.2) is 0 Å². The lowest BCUT2D eigenvalue weighted by Crippen LogP contribution is -2.47. The number of hydrogen-bond donors (Lipinski definition) is 2. The van der Waals surface area contributed by atoms with E-state index < -0.39 is 0 Å². The monoisotopic (exact) mass is 211 g/mol. The minimum absolute atomic E-state index is 0.211. The molecule has 1 amide bonds. The lowest BCUT2D eigenvalue weighted by atomic mass is 10.1. The average Bonchev–Trinajstić information content (AvgIpc) is 3.01. The van der Waals surface area contributed by atoms with Gasteiger partial charge in [0.05, 0.1) is 0 Å². The lowest BCUT2D eigenvalue weighted by molar-refractivity contribution is -0.117. The summed E-state index contributed by atoms with van der Waals surface area (Å²) in [6, 6.07) is 1.43. The number of amides is 1. The van der Waals surface area contributed by atoms with Gasteiger partial charge < -0.3 is 11.1 Å². The quantitative estimate of drug-likeness (QED) is 0.677. The highest BCUT2D eigenvalue weighted by Gasteiger charge is 2.32. The molecule has 2 aliphatic rings. The topological polar surface area (TPSA) is 58.4 Å². The maximum absolute atomic E-state index is 10.6. The highest BCUT2D eigenvalue weighted by molar-refractivity contribution is 5.73. The standard InChI is InChI=1S/C11H21N3O/c12-11(15)5-6-13-9-2-1-7-14(8-9)10-3-4-10/h9-10,13H,1-8H2,(H2,12,15). The van der Waals surface area contributed by atoms with Crippen molar-refractivity contribution in [2.75, 3.05) is 19.6 Å². The maximum atomic E-state index is 10.6. The normalized spacial score (nSPS) is 27.9. The first-order chi connectivity index (χ1) is 7.25. The molecular formula is C11H21N3O. The van der Waals surface area contributed by atoms with Crippen molar-refractivity contribution < 1.29 is 4.79 Å². The molecule has 1 unspecified atom stereocenters. The van der Waals surface area contributed by atoms with Crippen LogP contribution in [0.25, 0.3) is 0 Å². The molecule has 2 fully saturated rings. The number of carbonyl (C=O) groups excluding carboxylic acids is 1. The van der Waals surface area contributed by atoms with E-state index in [-0.39, 0.29) is 5.91 Å². The van der Waals surface area contributed by atoms with Crippen molar-refractivity contribution in [2.45, 2.75) is 44.2 Å². The van der Waals surface area contributed by atoms with Crippen LogP contribution >= 0.6 is 0 Å². The van der Waals surface area contributed by atoms with E-state index in [9.17, 15) is 4.79 Å². The van der Waals surface area contributed by atoms with Crippen LogP contribution in [0.1, 0.15) is 32.1 Å². The SMILES string of the molecule is NC(=O)CCNC1CCCN(C2CC2)C1. The van der Waals surface area contributed by atoms with Gasteiger partial charge in [-0.05, 0) is 32.2 Å². The van der Waals surface area contributed by atoms with Gasteiger partial charge in [0.25, 0.3) is 0 Å². The second kappa shape index (κ2) is 4.94. The van der Waals surface area contributed by atoms with Crippen LogP contribution < -0.4 is 11.1 Å². The summed E-state index contributed by atoms with van der Waals surface area (Å²) in [7, 11) is 0. The molecule has 86 valence electrons. The third-order valence-electron chi connectivity index (χ3n) is 3.32. The van der Waals surface area contributed by atoms with Crippen LogP contribution in [-0.4, -0.2) is 42.5 Å². The summed E-state index contributed by atoms with van der Waals surface area (Å²) in [4.78, 5) is 13.2. The first-order valence-corrected chi connectivity index (χ1v) is 6.01. The molecule has 1 heterocycles. The minimum Gasteiger partial charge on any atom is -0.370 e. The van der Waals surface area contributed by atoms with Crippen molar-refractivity contribution in [3.63, 3.8) is 0 Å². The molecular weight excluding hydrogens is 190 g/mol. The fourth-order valence-corrected chi connectivity index (χ4v) is 2.34. The van der Waals surface area contributed by atoms with Gasteiger partial charge in [-0.3, -0.25) is 9.69 Å². The summed E-state index contributed by atoms with van der Waals surface area (Å²) in [5, 5.41) is 3.42. The third kappa shape index (κ3) is 3.47. The molecule has 0 aromatic rings. The van der Waals surface area contributed by atoms with Crippen molar-refractivity contribution in [1.29, 1.82) is 0 Å². The predicted molar refractivity (Wildman–Crippen MR) is 59.4 cm³/mol. The van der Waals surface area contributed by atoms with Crippen molar-refractivity contribution >= 4 is 5.91 Å². The van der Waals surface area contributed by atoms with Gasteiger partial charge >= 0.3 is 0 Å². The zero-order valence-corrected chi connectivity index (χ0v) is 9.24. The van der Waals surface area contributed by atoms with E-state index in [2.05, 4.69) is 10.2 Å². The van der Waals surface area contributed by atoms with Crippen molar-refractivity contribution in [2.24, 2.45) is 5.73 Å². The summed E-state index contributed by atoms with van der Waals surface area (Å²) in [5.74, 6) is -0.211. The number of nitrogens with zero attached hydrogens (tertiary/aromatic N) is 1. The molecule has 4 heteroatoms. The van der Waals surface area contributed by atoms with Gasteiger partial charge in [-0.15, -0.1) is 0 Å². The van der Waals surface area contributed by atoms with Gasteiger partial charge in [0.15, 0.2) is 0 Å². The zero-order chi connectivity index (χ0) is 10.7. The van der Waals surface area contributed by atoms with Crippen LogP contribution in [0.5, 0.6) is 0 Å². The number of carbonyl (C=O) groups is 1. The van der Waals surface area contributed by atoms with Gasteiger partial charge in [-0.1, -0.05) is 0 Å². The van der Waals surface area contributed by atoms with Crippen molar-refractivity contribution in [3.8, 4) is 0 Å². The van der Waals surface area contributed by atoms with E-state index in [0.717, 1.165) is 19.1 Å². The molecule has 1 saturated carbocycles. The first kappa shape index (κ1) is 10.9. The second-order valence-corrected chi connectivity index (χ2v) is 4.74. The fourth-order valence-electron chi connectivity index (χ4n) is 2.34. The highest BCUT2D eigenvalue weighted by Crippen LogP contribution is 2.29. The van der Waals surface area contributed by atoms with E-state index in [1.165, 1.54) is 32.2 Å². The van der Waals surface area contributed by atoms with Crippen LogP contribution in [0.2, 0.25) is 0 Å². The number of piperidine rings is 1. The van der Waals surface area contributed by atoms with Crippen LogP contribution in [0.4, 0.5) is 0 Å². The summed E-state index contributed by atoms with van der Waals surface area (Å²) in [6.45, 7) is 3.15. The molecule has 0 radical (unpaired) electrons. The fraction of sp³-hybridized carbons (Fsp3) is 0.909. The Morgan fingerprint density at radius 3 is 2.87 bits per heavy atom. The Morgan fingerprint density at radius 1 is 1.40 bits per heavy atom. The largest absolute Gasteiger partial charge is 0.370 e. The number of hydrogen-bond acceptors (Lipinski definition) is 3. The van der Waals surface area contributed by atoms with Gasteiger partial charge in [0, 0.05) is 31.6 Å². The lowest BCUT2D eigenvalue weighted by Gasteiger charge is -2.33. The van der Waals surface area contributed by atoms with E-state index >= 15 is 0 Å². The number of nitrogens with one attached hydrogen (secondary N) is 1. The van der Waals surface area contributed by atoms with Crippen LogP contribution in [-0.2, 0) is 4.79 Å². The van der Waals surface area contributed by atoms with E-state index in [4.69, 9.17) is 5.73 Å². The van der Waals surface area contributed by atoms with Gasteiger partial charge in [0.1, 0.15) is 0 Å². The zero-order valence-electron chi connectivity index (χ0n) is 9.24. The van der Waals surface area contributed by atoms with Gasteiger partial charge in [-0.25, -0.2) is 0 Å². The van der Waals surface area contributed by atoms with Gasteiger partial charge in [0.2, 0.25) is 5.91 Å². The highest BCUT2D eigenvalue weighted by atomic mass is 16.1. The third-order valence-corrected chi connectivity index (χ3v) is 3.32. The smallest absolute Gasteiger partial charge is 0.218 e. The molecule has 3 N–H and O–H groups in total. The van der Waals surface area contributed by atoms with E-state index in [1.807, 2.05) is 0 Å². The Kier molecular flexibility index (Phi) is 3.59. The summed E-state index contributed by atoms with van der Waals surface area (Å²) in [6.07, 6.45) is 5.74. The molecule has 1 saturated heterocycles. The van der Waals surface area contributed by atoms with Gasteiger partial charge in [-0.2, -0.15) is 0 Å². The second-order valence-electron chi connectivity index (χ2n) is 4.74. The number of nitrogens with two attached hydrogens (primary N) is 1. The Bertz CT molecular complexity index is 228. The first-order valence-electron chi connectivity index (χ1n) is 6.01. The molecule has 0 aromatic carbocycles. The van der Waals surface area contributed by atoms with Crippen molar-refractivity contribution in [1.82, 2.24) is 10.2 Å². The molecule has 4 nitrogen and oxygen atoms in total. The van der Waals surface area contributed by atoms with Crippen LogP contribution in [0, 0.1) is 0 Å². The number of rotatable bonds is 5. The Balaban J connectivity index is 1.65. The summed E-state index contributed by atoms with van der Waals surface area (Å²) in [5.41, 5.74) is 5.10. The van der Waals surface area contributed by atoms with Crippen LogP contribution in [0.3, 0.4) is 0 Å². The summed E-state index contributed by atoms with van der Waals surface area (Å²) < 4.78 is 0. The molecule has 15 heavy (non-hydrogen) atoms. The predicted octanol–water partition coefficient (Wildman–Crippen LogP) is 0.0782. The number of primary amides is 1. The molecule has 1 aliphatic heterocycles. The van der Waals surface area contributed by atoms with E-state index in [1.54, 1.807) is 0 Å². The average molecular weight is 211 g/mol. The number of likely N-dealkylation sites (tertiary alicyclic amines) is 1. The molecule has 1 aliphatic carbocycles. The molecule has 0 aromatic heterocycles.